The van der Waals surface area contributed by atoms with Crippen LogP contribution < -0.4 is 4.65 Å². The normalized spacial score (nSPS) is 15.3. The highest BCUT2D eigenvalue weighted by Crippen LogP contribution is 2.37. The smallest absolute Gasteiger partial charge is 0.526 e. The van der Waals surface area contributed by atoms with Crippen LogP contribution in [0.2, 0.25) is 5.82 Å². The maximum Gasteiger partial charge on any atom is 0.526 e. The summed E-state index contributed by atoms with van der Waals surface area (Å²) < 4.78 is 45.4. The Morgan fingerprint density at radius 3 is 2.53 bits per heavy atom. The quantitative estimate of drug-likeness (QED) is 0.320. The van der Waals surface area contributed by atoms with E-state index in [1.54, 1.807) is 6.07 Å². The van der Waals surface area contributed by atoms with E-state index in [-0.39, 0.29) is 37.0 Å². The van der Waals surface area contributed by atoms with Gasteiger partial charge < -0.3 is 23.9 Å². The van der Waals surface area contributed by atoms with Gasteiger partial charge in [-0.15, -0.1) is 0 Å². The number of hydrogen-bond donors (Lipinski definition) is 1. The molecule has 1 atom stereocenters. The number of methoxy groups -OCH3 is 1. The number of esters is 3. The Balaban J connectivity index is 1.95. The number of alkyl halides is 2. The molecule has 1 aliphatic rings. The van der Waals surface area contributed by atoms with Gasteiger partial charge in [-0.05, 0) is 25.0 Å². The van der Waals surface area contributed by atoms with Crippen molar-refractivity contribution in [1.82, 2.24) is 0 Å². The number of Topliss-reactive ketones (excluding diaryl/α,β-unsaturated/α-hetero) is 1. The number of para-hydroxylation sites is 1. The summed E-state index contributed by atoms with van der Waals surface area (Å²) in [5.41, 5.74) is 0.443. The van der Waals surface area contributed by atoms with Crippen LogP contribution in [0.25, 0.3) is 0 Å². The average molecular weight is 456 g/mol. The standard InChI is InChI=1S/C20H23BF2O9/c1-20(22,23)10-14(24)9-13-8-12-4-3-5-15(18(12)32-21(13)28)19(27)31-11-30-17(26)7-6-16(25)29-2/h3-5,13,28H,6-11H2,1-2H3/t13-/m1/s1. The van der Waals surface area contributed by atoms with Crippen molar-refractivity contribution in [3.8, 4) is 5.75 Å². The summed E-state index contributed by atoms with van der Waals surface area (Å²) in [5.74, 6) is -6.82. The summed E-state index contributed by atoms with van der Waals surface area (Å²) >= 11 is 0. The largest absolute Gasteiger partial charge is 0.535 e. The summed E-state index contributed by atoms with van der Waals surface area (Å²) in [6, 6.07) is 4.50. The molecular weight excluding hydrogens is 433 g/mol. The number of benzene rings is 1. The number of halogens is 2. The summed E-state index contributed by atoms with van der Waals surface area (Å²) in [7, 11) is -0.305. The lowest BCUT2D eigenvalue weighted by molar-refractivity contribution is -0.155. The molecular formula is C20H23BF2O9. The third-order valence-corrected chi connectivity index (χ3v) is 4.61. The molecule has 0 saturated heterocycles. The van der Waals surface area contributed by atoms with Crippen molar-refractivity contribution in [1.29, 1.82) is 0 Å². The molecule has 174 valence electrons. The number of rotatable bonds is 10. The van der Waals surface area contributed by atoms with E-state index in [0.29, 0.717) is 12.5 Å². The van der Waals surface area contributed by atoms with E-state index in [1.165, 1.54) is 19.2 Å². The molecule has 9 nitrogen and oxygen atoms in total. The molecule has 0 fully saturated rings. The fourth-order valence-corrected chi connectivity index (χ4v) is 3.13. The molecule has 0 unspecified atom stereocenters. The van der Waals surface area contributed by atoms with Crippen LogP contribution in [0.1, 0.15) is 48.5 Å². The van der Waals surface area contributed by atoms with E-state index >= 15 is 0 Å². The number of carbonyl (C=O) groups excluding carboxylic acids is 4. The Bertz CT molecular complexity index is 869. The molecule has 1 aromatic rings. The van der Waals surface area contributed by atoms with E-state index in [4.69, 9.17) is 14.1 Å². The maximum atomic E-state index is 13.0. The Hall–Kier alpha value is -3.02. The van der Waals surface area contributed by atoms with Gasteiger partial charge in [0.15, 0.2) is 0 Å². The predicted molar refractivity (Wildman–Crippen MR) is 105 cm³/mol. The lowest BCUT2D eigenvalue weighted by Crippen LogP contribution is -2.36. The van der Waals surface area contributed by atoms with Gasteiger partial charge in [-0.3, -0.25) is 14.4 Å². The summed E-state index contributed by atoms with van der Waals surface area (Å²) in [6.07, 6.45) is -1.54. The van der Waals surface area contributed by atoms with Crippen LogP contribution in [-0.2, 0) is 35.0 Å². The van der Waals surface area contributed by atoms with Gasteiger partial charge in [-0.1, -0.05) is 12.1 Å². The number of hydrogen-bond acceptors (Lipinski definition) is 9. The number of ether oxygens (including phenoxy) is 3. The monoisotopic (exact) mass is 456 g/mol. The second-order valence-corrected chi connectivity index (χ2v) is 7.40. The first-order valence-corrected chi connectivity index (χ1v) is 9.76. The van der Waals surface area contributed by atoms with Crippen LogP contribution in [-0.4, -0.2) is 55.7 Å². The maximum absolute atomic E-state index is 13.0. The van der Waals surface area contributed by atoms with Gasteiger partial charge in [0.25, 0.3) is 5.92 Å². The fraction of sp³-hybridized carbons (Fsp3) is 0.500. The summed E-state index contributed by atoms with van der Waals surface area (Å²) in [4.78, 5) is 46.7. The zero-order chi connectivity index (χ0) is 23.9. The second kappa shape index (κ2) is 11.0. The molecule has 0 aliphatic carbocycles. The topological polar surface area (TPSA) is 125 Å². The van der Waals surface area contributed by atoms with Crippen LogP contribution in [0.3, 0.4) is 0 Å². The van der Waals surface area contributed by atoms with Crippen molar-refractivity contribution in [2.45, 2.75) is 50.8 Å². The number of carbonyl (C=O) groups is 4. The Labute approximate surface area is 183 Å². The lowest BCUT2D eigenvalue weighted by Gasteiger charge is -2.28. The Kier molecular flexibility index (Phi) is 8.70. The molecule has 1 aromatic carbocycles. The summed E-state index contributed by atoms with van der Waals surface area (Å²) in [5, 5.41) is 10.2. The van der Waals surface area contributed by atoms with Gasteiger partial charge in [0, 0.05) is 12.2 Å². The van der Waals surface area contributed by atoms with Gasteiger partial charge in [-0.2, -0.15) is 0 Å². The molecule has 1 aliphatic heterocycles. The van der Waals surface area contributed by atoms with Gasteiger partial charge >= 0.3 is 25.0 Å². The molecule has 1 N–H and O–H groups in total. The van der Waals surface area contributed by atoms with E-state index in [0.717, 1.165) is 0 Å². The minimum Gasteiger partial charge on any atom is -0.535 e. The minimum atomic E-state index is -3.14. The third kappa shape index (κ3) is 7.59. The molecule has 0 aromatic heterocycles. The van der Waals surface area contributed by atoms with Crippen molar-refractivity contribution >= 4 is 30.8 Å². The minimum absolute atomic E-state index is 0.0338. The van der Waals surface area contributed by atoms with Crippen LogP contribution in [0.15, 0.2) is 18.2 Å². The molecule has 32 heavy (non-hydrogen) atoms. The zero-order valence-electron chi connectivity index (χ0n) is 17.6. The lowest BCUT2D eigenvalue weighted by atomic mass is 9.64. The fourth-order valence-electron chi connectivity index (χ4n) is 3.13. The molecule has 0 spiro atoms. The zero-order valence-corrected chi connectivity index (χ0v) is 17.6. The molecule has 0 radical (unpaired) electrons. The van der Waals surface area contributed by atoms with Crippen molar-refractivity contribution in [2.75, 3.05) is 13.9 Å². The van der Waals surface area contributed by atoms with Gasteiger partial charge in [0.2, 0.25) is 6.79 Å². The van der Waals surface area contributed by atoms with E-state index in [1.807, 2.05) is 0 Å². The van der Waals surface area contributed by atoms with Crippen molar-refractivity contribution in [2.24, 2.45) is 0 Å². The van der Waals surface area contributed by atoms with Crippen LogP contribution in [0, 0.1) is 0 Å². The van der Waals surface area contributed by atoms with Crippen LogP contribution >= 0.6 is 0 Å². The summed E-state index contributed by atoms with van der Waals surface area (Å²) in [6.45, 7) is -0.0598. The first kappa shape index (κ1) is 25.2. The molecule has 12 heteroatoms. The van der Waals surface area contributed by atoms with Gasteiger partial charge in [-0.25, -0.2) is 13.6 Å². The highest BCUT2D eigenvalue weighted by atomic mass is 19.3. The second-order valence-electron chi connectivity index (χ2n) is 7.40. The third-order valence-electron chi connectivity index (χ3n) is 4.61. The molecule has 0 saturated carbocycles. The van der Waals surface area contributed by atoms with E-state index in [9.17, 15) is 33.0 Å². The number of fused-ring (bicyclic) bond motifs is 1. The van der Waals surface area contributed by atoms with Gasteiger partial charge in [0.05, 0.1) is 26.4 Å². The highest BCUT2D eigenvalue weighted by Gasteiger charge is 2.39. The molecule has 0 amide bonds. The Morgan fingerprint density at radius 2 is 1.88 bits per heavy atom. The number of ketones is 1. The van der Waals surface area contributed by atoms with Crippen molar-refractivity contribution in [3.63, 3.8) is 0 Å². The SMILES string of the molecule is COC(=O)CCC(=O)OCOC(=O)c1cccc2c1OB(O)[C@@H](CC(=O)CC(C)(F)F)C2. The first-order valence-electron chi connectivity index (χ1n) is 9.76. The van der Waals surface area contributed by atoms with Crippen LogP contribution in [0.5, 0.6) is 5.75 Å². The molecule has 0 bridgehead atoms. The average Bonchev–Trinajstić information content (AvgIpc) is 2.70. The predicted octanol–water partition coefficient (Wildman–Crippen LogP) is 2.09. The van der Waals surface area contributed by atoms with Gasteiger partial charge in [0.1, 0.15) is 17.1 Å². The first-order chi connectivity index (χ1) is 15.0. The van der Waals surface area contributed by atoms with Crippen molar-refractivity contribution in [3.05, 3.63) is 29.3 Å². The molecule has 1 heterocycles. The Morgan fingerprint density at radius 1 is 1.19 bits per heavy atom. The van der Waals surface area contributed by atoms with Crippen molar-refractivity contribution < 1.29 is 51.8 Å². The van der Waals surface area contributed by atoms with Crippen LogP contribution in [0.4, 0.5) is 8.78 Å². The van der Waals surface area contributed by atoms with E-state index in [2.05, 4.69) is 4.74 Å². The highest BCUT2D eigenvalue weighted by molar-refractivity contribution is 6.47. The van der Waals surface area contributed by atoms with E-state index < -0.39 is 55.8 Å². The molecule has 2 rings (SSSR count).